The molecule has 0 bridgehead atoms. The summed E-state index contributed by atoms with van der Waals surface area (Å²) in [5.41, 5.74) is 0. The van der Waals surface area contributed by atoms with Gasteiger partial charge < -0.3 is 0 Å². The molecule has 1 aliphatic heterocycles. The summed E-state index contributed by atoms with van der Waals surface area (Å²) < 4.78 is -0.747. The topological polar surface area (TPSA) is 49.4 Å². The Hall–Kier alpha value is -1.66. The van der Waals surface area contributed by atoms with E-state index in [0.717, 1.165) is 9.79 Å². The summed E-state index contributed by atoms with van der Waals surface area (Å²) in [7, 11) is 0. The molecule has 2 aromatic rings. The predicted molar refractivity (Wildman–Crippen MR) is 77.0 cm³/mol. The Morgan fingerprint density at radius 1 is 0.632 bits per heavy atom. The maximum Gasteiger partial charge on any atom is 0.295 e. The zero-order valence-corrected chi connectivity index (χ0v) is 11.5. The first-order chi connectivity index (χ1) is 9.36. The first-order valence-electron chi connectivity index (χ1n) is 5.69. The van der Waals surface area contributed by atoms with E-state index in [1.165, 1.54) is 23.5 Å². The van der Waals surface area contributed by atoms with E-state index < -0.39 is 4.33 Å². The van der Waals surface area contributed by atoms with Crippen molar-refractivity contribution in [2.75, 3.05) is 0 Å². The van der Waals surface area contributed by atoms with E-state index in [4.69, 9.17) is 0 Å². The van der Waals surface area contributed by atoms with Crippen molar-refractivity contribution in [3.8, 4) is 0 Å². The number of benzene rings is 2. The number of hydrogen-bond donors (Lipinski definition) is 0. The van der Waals surface area contributed by atoms with Gasteiger partial charge in [-0.25, -0.2) is 0 Å². The van der Waals surface area contributed by atoms with Crippen molar-refractivity contribution in [3.05, 3.63) is 60.7 Å². The quantitative estimate of drug-likeness (QED) is 0.741. The van der Waals surface area contributed by atoms with Crippen LogP contribution in [0.2, 0.25) is 0 Å². The number of rotatable bonds is 4. The van der Waals surface area contributed by atoms with Crippen LogP contribution in [0.15, 0.2) is 91.1 Å². The fourth-order valence-corrected chi connectivity index (χ4v) is 3.81. The van der Waals surface area contributed by atoms with Gasteiger partial charge in [-0.05, 0) is 34.7 Å². The third-order valence-electron chi connectivity index (χ3n) is 2.37. The lowest BCUT2D eigenvalue weighted by Crippen LogP contribution is -2.09. The predicted octanol–water partition coefficient (Wildman–Crippen LogP) is 5.02. The van der Waals surface area contributed by atoms with E-state index >= 15 is 0 Å². The smallest absolute Gasteiger partial charge is 0.111 e. The molecule has 0 saturated heterocycles. The Morgan fingerprint density at radius 2 is 1.05 bits per heavy atom. The molecule has 1 heterocycles. The Labute approximate surface area is 119 Å². The van der Waals surface area contributed by atoms with Gasteiger partial charge in [0.15, 0.2) is 0 Å². The third kappa shape index (κ3) is 3.02. The summed E-state index contributed by atoms with van der Waals surface area (Å²) in [6.45, 7) is 0. The number of thioether (sulfide) groups is 2. The lowest BCUT2D eigenvalue weighted by Gasteiger charge is -2.18. The van der Waals surface area contributed by atoms with Crippen molar-refractivity contribution >= 4 is 23.5 Å². The minimum Gasteiger partial charge on any atom is -0.111 e. The molecule has 1 aliphatic rings. The van der Waals surface area contributed by atoms with E-state index in [-0.39, 0.29) is 0 Å². The second-order valence-corrected chi connectivity index (χ2v) is 6.51. The average Bonchev–Trinajstić information content (AvgIpc) is 2.89. The van der Waals surface area contributed by atoms with Gasteiger partial charge in [-0.2, -0.15) is 0 Å². The Balaban J connectivity index is 1.84. The van der Waals surface area contributed by atoms with Gasteiger partial charge in [0.25, 0.3) is 4.33 Å². The van der Waals surface area contributed by atoms with Crippen LogP contribution in [0.4, 0.5) is 0 Å². The van der Waals surface area contributed by atoms with Crippen molar-refractivity contribution in [2.45, 2.75) is 14.1 Å². The molecule has 0 aromatic heterocycles. The van der Waals surface area contributed by atoms with Crippen LogP contribution in [0, 0.1) is 0 Å². The molecule has 0 amide bonds. The highest BCUT2D eigenvalue weighted by Gasteiger charge is 2.36. The van der Waals surface area contributed by atoms with Crippen LogP contribution in [0.1, 0.15) is 0 Å². The van der Waals surface area contributed by atoms with Crippen LogP contribution in [-0.4, -0.2) is 4.33 Å². The molecule has 19 heavy (non-hydrogen) atoms. The molecule has 0 aliphatic carbocycles. The van der Waals surface area contributed by atoms with Crippen LogP contribution in [0.5, 0.6) is 0 Å². The lowest BCUT2D eigenvalue weighted by molar-refractivity contribution is 0.894. The molecule has 0 fully saturated rings. The highest BCUT2D eigenvalue weighted by molar-refractivity contribution is 8.18. The van der Waals surface area contributed by atoms with Gasteiger partial charge in [-0.1, -0.05) is 59.9 Å². The van der Waals surface area contributed by atoms with Crippen LogP contribution >= 0.6 is 23.5 Å². The minimum absolute atomic E-state index is 0.747. The summed E-state index contributed by atoms with van der Waals surface area (Å²) in [6.07, 6.45) is 0. The molecule has 0 spiro atoms. The summed E-state index contributed by atoms with van der Waals surface area (Å²) >= 11 is 3.07. The second-order valence-electron chi connectivity index (χ2n) is 3.76. The molecule has 0 saturated carbocycles. The zero-order chi connectivity index (χ0) is 13.0. The van der Waals surface area contributed by atoms with Crippen LogP contribution in [0.3, 0.4) is 0 Å². The van der Waals surface area contributed by atoms with Crippen LogP contribution in [0.25, 0.3) is 0 Å². The molecule has 94 valence electrons. The summed E-state index contributed by atoms with van der Waals surface area (Å²) in [6, 6.07) is 20.1. The fraction of sp³-hybridized carbons (Fsp3) is 0.0769. The maximum absolute atomic E-state index is 4.18. The van der Waals surface area contributed by atoms with Gasteiger partial charge in [0, 0.05) is 9.79 Å². The first-order valence-corrected chi connectivity index (χ1v) is 7.32. The first kappa shape index (κ1) is 12.4. The van der Waals surface area contributed by atoms with Crippen molar-refractivity contribution < 1.29 is 0 Å². The summed E-state index contributed by atoms with van der Waals surface area (Å²) in [5.74, 6) is 0. The highest BCUT2D eigenvalue weighted by atomic mass is 32.2. The minimum atomic E-state index is -0.747. The van der Waals surface area contributed by atoms with Crippen LogP contribution < -0.4 is 0 Å². The molecule has 3 rings (SSSR count). The Kier molecular flexibility index (Phi) is 3.61. The molecular formula is C13H10N4S2. The standard InChI is InChI=1S/C13H10N4S2/c1-3-7-11(8-4-1)18-13(14-16-17-15-13)19-12-9-5-2-6-10-12/h1-10H. The molecule has 0 radical (unpaired) electrons. The number of nitrogens with zero attached hydrogens (tertiary/aromatic N) is 4. The fourth-order valence-electron chi connectivity index (χ4n) is 1.56. The number of hydrogen-bond acceptors (Lipinski definition) is 6. The lowest BCUT2D eigenvalue weighted by atomic mass is 10.4. The van der Waals surface area contributed by atoms with Gasteiger partial charge in [0.1, 0.15) is 0 Å². The van der Waals surface area contributed by atoms with Gasteiger partial charge in [0.05, 0.1) is 0 Å². The SMILES string of the molecule is c1ccc(SC2(Sc3ccccc3)N=NN=N2)cc1. The summed E-state index contributed by atoms with van der Waals surface area (Å²) in [5, 5.41) is 15.7. The maximum atomic E-state index is 4.18. The zero-order valence-electron chi connectivity index (χ0n) is 9.88. The molecule has 0 atom stereocenters. The van der Waals surface area contributed by atoms with Crippen molar-refractivity contribution in [3.63, 3.8) is 0 Å². The molecular weight excluding hydrogens is 276 g/mol. The van der Waals surface area contributed by atoms with E-state index in [1.807, 2.05) is 60.7 Å². The Morgan fingerprint density at radius 3 is 1.47 bits per heavy atom. The summed E-state index contributed by atoms with van der Waals surface area (Å²) in [4.78, 5) is 2.18. The molecule has 4 nitrogen and oxygen atoms in total. The van der Waals surface area contributed by atoms with Gasteiger partial charge in [-0.15, -0.1) is 10.2 Å². The average molecular weight is 286 g/mol. The second kappa shape index (κ2) is 5.54. The van der Waals surface area contributed by atoms with Gasteiger partial charge in [0.2, 0.25) is 0 Å². The largest absolute Gasteiger partial charge is 0.295 e. The molecule has 2 aromatic carbocycles. The normalized spacial score (nSPS) is 15.8. The van der Waals surface area contributed by atoms with E-state index in [9.17, 15) is 0 Å². The van der Waals surface area contributed by atoms with E-state index in [1.54, 1.807) is 0 Å². The molecule has 6 heteroatoms. The van der Waals surface area contributed by atoms with Crippen LogP contribution in [-0.2, 0) is 0 Å². The van der Waals surface area contributed by atoms with E-state index in [2.05, 4.69) is 20.7 Å². The van der Waals surface area contributed by atoms with Crippen molar-refractivity contribution in [1.82, 2.24) is 0 Å². The monoisotopic (exact) mass is 286 g/mol. The van der Waals surface area contributed by atoms with Gasteiger partial charge in [-0.3, -0.25) is 0 Å². The highest BCUT2D eigenvalue weighted by Crippen LogP contribution is 2.49. The third-order valence-corrected chi connectivity index (χ3v) is 4.74. The van der Waals surface area contributed by atoms with Crippen molar-refractivity contribution in [1.29, 1.82) is 0 Å². The molecule has 0 N–H and O–H groups in total. The van der Waals surface area contributed by atoms with Crippen molar-refractivity contribution in [2.24, 2.45) is 20.7 Å². The Bertz CT molecular complexity index is 543. The molecule has 0 unspecified atom stereocenters. The van der Waals surface area contributed by atoms with E-state index in [0.29, 0.717) is 0 Å². The van der Waals surface area contributed by atoms with Gasteiger partial charge >= 0.3 is 0 Å².